The molecule has 0 bridgehead atoms. The van der Waals surface area contributed by atoms with Gasteiger partial charge in [0.15, 0.2) is 0 Å². The summed E-state index contributed by atoms with van der Waals surface area (Å²) in [5, 5.41) is 0. The minimum Gasteiger partial charge on any atom is -0.490 e. The summed E-state index contributed by atoms with van der Waals surface area (Å²) in [5.41, 5.74) is 0. The van der Waals surface area contributed by atoms with Crippen LogP contribution in [0.3, 0.4) is 0 Å². The van der Waals surface area contributed by atoms with Gasteiger partial charge >= 0.3 is 5.97 Å². The number of carbonyl (C=O) groups excluding carboxylic acids is 1. The van der Waals surface area contributed by atoms with Crippen LogP contribution >= 0.6 is 0 Å². The van der Waals surface area contributed by atoms with E-state index in [1.165, 1.54) is 0 Å². The molecule has 1 aromatic rings. The van der Waals surface area contributed by atoms with Gasteiger partial charge < -0.3 is 9.47 Å². The van der Waals surface area contributed by atoms with Crippen molar-refractivity contribution >= 4 is 5.97 Å². The first kappa shape index (κ1) is 11.0. The summed E-state index contributed by atoms with van der Waals surface area (Å²) in [5.74, 6) is 1.36. The normalized spacial score (nSPS) is 22.6. The number of para-hydroxylation sites is 1. The molecule has 2 unspecified atom stereocenters. The highest BCUT2D eigenvalue weighted by Gasteiger charge is 2.40. The first-order chi connectivity index (χ1) is 7.77. The second-order valence-corrected chi connectivity index (χ2v) is 4.15. The minimum atomic E-state index is -0.0795. The zero-order valence-corrected chi connectivity index (χ0v) is 9.39. The van der Waals surface area contributed by atoms with Crippen LogP contribution in [0.2, 0.25) is 0 Å². The zero-order valence-electron chi connectivity index (χ0n) is 9.39. The van der Waals surface area contributed by atoms with Gasteiger partial charge in [-0.3, -0.25) is 4.79 Å². The molecule has 2 rings (SSSR count). The molecular weight excluding hydrogens is 204 g/mol. The minimum absolute atomic E-state index is 0.0795. The third-order valence-corrected chi connectivity index (χ3v) is 2.75. The first-order valence-corrected chi connectivity index (χ1v) is 5.62. The van der Waals surface area contributed by atoms with Crippen molar-refractivity contribution in [3.8, 4) is 5.75 Å². The van der Waals surface area contributed by atoms with Crippen LogP contribution in [-0.2, 0) is 9.53 Å². The average molecular weight is 220 g/mol. The maximum atomic E-state index is 11.3. The lowest BCUT2D eigenvalue weighted by Crippen LogP contribution is -2.13. The lowest BCUT2D eigenvalue weighted by molar-refractivity contribution is -0.146. The van der Waals surface area contributed by atoms with Gasteiger partial charge in [-0.15, -0.1) is 0 Å². The molecule has 0 N–H and O–H groups in total. The number of carbonyl (C=O) groups is 1. The van der Waals surface area contributed by atoms with E-state index < -0.39 is 0 Å². The van der Waals surface area contributed by atoms with Crippen molar-refractivity contribution in [1.82, 2.24) is 0 Å². The van der Waals surface area contributed by atoms with Gasteiger partial charge in [0, 0.05) is 0 Å². The molecule has 0 saturated heterocycles. The maximum Gasteiger partial charge on any atom is 0.309 e. The van der Waals surface area contributed by atoms with Crippen LogP contribution in [0.15, 0.2) is 30.3 Å². The van der Waals surface area contributed by atoms with Crippen molar-refractivity contribution in [2.75, 3.05) is 13.2 Å². The molecule has 3 nitrogen and oxygen atoms in total. The molecule has 0 radical (unpaired) electrons. The summed E-state index contributed by atoms with van der Waals surface area (Å²) in [6, 6.07) is 9.51. The van der Waals surface area contributed by atoms with E-state index in [1.807, 2.05) is 30.3 Å². The molecule has 0 aliphatic heterocycles. The van der Waals surface area contributed by atoms with Crippen LogP contribution in [0.25, 0.3) is 0 Å². The summed E-state index contributed by atoms with van der Waals surface area (Å²) in [6.07, 6.45) is 0.971. The van der Waals surface area contributed by atoms with Crippen molar-refractivity contribution in [3.63, 3.8) is 0 Å². The fourth-order valence-electron chi connectivity index (χ4n) is 1.58. The number of esters is 1. The van der Waals surface area contributed by atoms with Crippen molar-refractivity contribution < 1.29 is 14.3 Å². The molecule has 86 valence electrons. The molecule has 16 heavy (non-hydrogen) atoms. The van der Waals surface area contributed by atoms with Crippen molar-refractivity contribution in [2.45, 2.75) is 13.3 Å². The Morgan fingerprint density at radius 2 is 2.00 bits per heavy atom. The van der Waals surface area contributed by atoms with Crippen LogP contribution < -0.4 is 4.74 Å². The van der Waals surface area contributed by atoms with Gasteiger partial charge in [0.2, 0.25) is 0 Å². The summed E-state index contributed by atoms with van der Waals surface area (Å²) in [6.45, 7) is 2.81. The zero-order chi connectivity index (χ0) is 11.4. The van der Waals surface area contributed by atoms with E-state index in [0.717, 1.165) is 12.2 Å². The van der Waals surface area contributed by atoms with Crippen LogP contribution in [-0.4, -0.2) is 19.2 Å². The Kier molecular flexibility index (Phi) is 3.44. The highest BCUT2D eigenvalue weighted by atomic mass is 16.6. The molecule has 1 fully saturated rings. The van der Waals surface area contributed by atoms with E-state index in [4.69, 9.17) is 9.47 Å². The van der Waals surface area contributed by atoms with Gasteiger partial charge in [-0.2, -0.15) is 0 Å². The third kappa shape index (κ3) is 2.99. The van der Waals surface area contributed by atoms with Gasteiger partial charge in [-0.25, -0.2) is 0 Å². The summed E-state index contributed by atoms with van der Waals surface area (Å²) in [7, 11) is 0. The monoisotopic (exact) mass is 220 g/mol. The molecule has 3 heteroatoms. The van der Waals surface area contributed by atoms with Gasteiger partial charge in [0.1, 0.15) is 19.0 Å². The van der Waals surface area contributed by atoms with E-state index in [2.05, 4.69) is 6.92 Å². The van der Waals surface area contributed by atoms with Gasteiger partial charge in [-0.1, -0.05) is 25.1 Å². The molecule has 1 aliphatic carbocycles. The maximum absolute atomic E-state index is 11.3. The molecule has 0 heterocycles. The third-order valence-electron chi connectivity index (χ3n) is 2.75. The smallest absolute Gasteiger partial charge is 0.309 e. The number of hydrogen-bond acceptors (Lipinski definition) is 3. The number of ether oxygens (including phenoxy) is 2. The Bertz CT molecular complexity index is 347. The van der Waals surface area contributed by atoms with Crippen molar-refractivity contribution in [2.24, 2.45) is 11.8 Å². The SMILES string of the molecule is CC1CC1C(=O)OCCOc1ccccc1. The standard InChI is InChI=1S/C13H16O3/c1-10-9-12(10)13(14)16-8-7-15-11-5-3-2-4-6-11/h2-6,10,12H,7-9H2,1H3. The van der Waals surface area contributed by atoms with Crippen LogP contribution in [0.5, 0.6) is 5.75 Å². The largest absolute Gasteiger partial charge is 0.490 e. The molecule has 1 aromatic carbocycles. The van der Waals surface area contributed by atoms with Gasteiger partial charge in [0.25, 0.3) is 0 Å². The van der Waals surface area contributed by atoms with Gasteiger partial charge in [0.05, 0.1) is 5.92 Å². The summed E-state index contributed by atoms with van der Waals surface area (Å²) in [4.78, 5) is 11.3. The van der Waals surface area contributed by atoms with Crippen molar-refractivity contribution in [1.29, 1.82) is 0 Å². The first-order valence-electron chi connectivity index (χ1n) is 5.62. The van der Waals surface area contributed by atoms with Crippen LogP contribution in [0, 0.1) is 11.8 Å². The molecule has 0 amide bonds. The van der Waals surface area contributed by atoms with E-state index in [1.54, 1.807) is 0 Å². The molecule has 0 spiro atoms. The predicted molar refractivity (Wildman–Crippen MR) is 60.2 cm³/mol. The van der Waals surface area contributed by atoms with E-state index in [0.29, 0.717) is 19.1 Å². The summed E-state index contributed by atoms with van der Waals surface area (Å²) < 4.78 is 10.5. The Balaban J connectivity index is 1.60. The molecule has 2 atom stereocenters. The second-order valence-electron chi connectivity index (χ2n) is 4.15. The molecule has 1 saturated carbocycles. The topological polar surface area (TPSA) is 35.5 Å². The Morgan fingerprint density at radius 3 is 2.62 bits per heavy atom. The number of hydrogen-bond donors (Lipinski definition) is 0. The highest BCUT2D eigenvalue weighted by molar-refractivity contribution is 5.75. The quantitative estimate of drug-likeness (QED) is 0.564. The highest BCUT2D eigenvalue weighted by Crippen LogP contribution is 2.38. The predicted octanol–water partition coefficient (Wildman–Crippen LogP) is 2.26. The fourth-order valence-corrected chi connectivity index (χ4v) is 1.58. The van der Waals surface area contributed by atoms with E-state index in [-0.39, 0.29) is 11.9 Å². The lowest BCUT2D eigenvalue weighted by atomic mass is 10.3. The van der Waals surface area contributed by atoms with E-state index in [9.17, 15) is 4.79 Å². The van der Waals surface area contributed by atoms with Gasteiger partial charge in [-0.05, 0) is 24.5 Å². The summed E-state index contributed by atoms with van der Waals surface area (Å²) >= 11 is 0. The molecule has 0 aromatic heterocycles. The van der Waals surface area contributed by atoms with Crippen LogP contribution in [0.1, 0.15) is 13.3 Å². The molecular formula is C13H16O3. The number of rotatable bonds is 5. The average Bonchev–Trinajstić information content (AvgIpc) is 3.03. The van der Waals surface area contributed by atoms with Crippen LogP contribution in [0.4, 0.5) is 0 Å². The second kappa shape index (κ2) is 5.01. The van der Waals surface area contributed by atoms with E-state index >= 15 is 0 Å². The Morgan fingerprint density at radius 1 is 1.31 bits per heavy atom. The Labute approximate surface area is 95.4 Å². The number of benzene rings is 1. The molecule has 1 aliphatic rings. The lowest BCUT2D eigenvalue weighted by Gasteiger charge is -2.06. The van der Waals surface area contributed by atoms with Crippen molar-refractivity contribution in [3.05, 3.63) is 30.3 Å². The fraction of sp³-hybridized carbons (Fsp3) is 0.462. The Hall–Kier alpha value is -1.51.